The fraction of sp³-hybridized carbons (Fsp3) is 0.312. The lowest BCUT2D eigenvalue weighted by molar-refractivity contribution is 0.255. The van der Waals surface area contributed by atoms with Crippen molar-refractivity contribution in [3.05, 3.63) is 51.4 Å². The van der Waals surface area contributed by atoms with Crippen LogP contribution in [0.2, 0.25) is 5.02 Å². The standard InChI is InChI=1S/C16H15ClFN5O/c17-11-7-9(18)6-10-14(11)21-15(13(19)8-2-1-3-8)23(16(10)24)12-4-5-20-22-12/h4-8,13H,1-3,19H2,(H,20,22). The molecule has 0 bridgehead atoms. The summed E-state index contributed by atoms with van der Waals surface area (Å²) in [6, 6.07) is 3.53. The summed E-state index contributed by atoms with van der Waals surface area (Å²) in [4.78, 5) is 17.5. The summed E-state index contributed by atoms with van der Waals surface area (Å²) in [5.74, 6) is 0.538. The van der Waals surface area contributed by atoms with Gasteiger partial charge in [0.25, 0.3) is 5.56 Å². The fourth-order valence-electron chi connectivity index (χ4n) is 3.07. The van der Waals surface area contributed by atoms with Crippen molar-refractivity contribution in [1.82, 2.24) is 19.7 Å². The highest BCUT2D eigenvalue weighted by Crippen LogP contribution is 2.36. The van der Waals surface area contributed by atoms with Crippen molar-refractivity contribution >= 4 is 22.5 Å². The van der Waals surface area contributed by atoms with Gasteiger partial charge in [0.1, 0.15) is 17.5 Å². The average molecular weight is 348 g/mol. The van der Waals surface area contributed by atoms with Gasteiger partial charge < -0.3 is 5.73 Å². The van der Waals surface area contributed by atoms with E-state index in [0.29, 0.717) is 11.6 Å². The molecule has 2 heterocycles. The maximum atomic E-state index is 13.7. The molecule has 6 nitrogen and oxygen atoms in total. The molecule has 0 amide bonds. The molecule has 1 aliphatic rings. The largest absolute Gasteiger partial charge is 0.321 e. The average Bonchev–Trinajstić information content (AvgIpc) is 2.99. The summed E-state index contributed by atoms with van der Waals surface area (Å²) in [6.07, 6.45) is 4.64. The Kier molecular flexibility index (Phi) is 3.62. The van der Waals surface area contributed by atoms with Gasteiger partial charge in [-0.25, -0.2) is 13.9 Å². The van der Waals surface area contributed by atoms with E-state index in [-0.39, 0.29) is 21.8 Å². The summed E-state index contributed by atoms with van der Waals surface area (Å²) in [5, 5.41) is 6.84. The molecule has 1 saturated carbocycles. The second-order valence-electron chi connectivity index (χ2n) is 6.05. The fourth-order valence-corrected chi connectivity index (χ4v) is 3.32. The number of aromatic nitrogens is 4. The van der Waals surface area contributed by atoms with Crippen LogP contribution in [0.15, 0.2) is 29.2 Å². The van der Waals surface area contributed by atoms with Crippen LogP contribution < -0.4 is 11.3 Å². The molecule has 124 valence electrons. The second kappa shape index (κ2) is 5.68. The number of halogens is 2. The zero-order chi connectivity index (χ0) is 16.8. The minimum atomic E-state index is -0.585. The Morgan fingerprint density at radius 1 is 1.42 bits per heavy atom. The van der Waals surface area contributed by atoms with Crippen LogP contribution in [0.3, 0.4) is 0 Å². The Morgan fingerprint density at radius 2 is 2.21 bits per heavy atom. The van der Waals surface area contributed by atoms with Gasteiger partial charge >= 0.3 is 0 Å². The molecule has 0 radical (unpaired) electrons. The number of H-pyrrole nitrogens is 1. The van der Waals surface area contributed by atoms with Crippen molar-refractivity contribution in [3.8, 4) is 5.82 Å². The number of benzene rings is 1. The van der Waals surface area contributed by atoms with E-state index in [1.165, 1.54) is 10.8 Å². The Hall–Kier alpha value is -2.25. The van der Waals surface area contributed by atoms with Crippen LogP contribution in [0, 0.1) is 11.7 Å². The SMILES string of the molecule is NC(c1nc2c(Cl)cc(F)cc2c(=O)n1-c1ccn[nH]1)C1CCC1. The van der Waals surface area contributed by atoms with Crippen LogP contribution in [-0.4, -0.2) is 19.7 Å². The van der Waals surface area contributed by atoms with Gasteiger partial charge in [-0.1, -0.05) is 18.0 Å². The minimum Gasteiger partial charge on any atom is -0.321 e. The molecule has 1 aliphatic carbocycles. The van der Waals surface area contributed by atoms with Gasteiger partial charge in [-0.15, -0.1) is 0 Å². The van der Waals surface area contributed by atoms with Crippen molar-refractivity contribution in [2.75, 3.05) is 0 Å². The molecule has 1 atom stereocenters. The highest BCUT2D eigenvalue weighted by Gasteiger charge is 2.30. The van der Waals surface area contributed by atoms with E-state index in [0.717, 1.165) is 31.4 Å². The molecule has 0 spiro atoms. The van der Waals surface area contributed by atoms with Crippen molar-refractivity contribution in [3.63, 3.8) is 0 Å². The third-order valence-electron chi connectivity index (χ3n) is 4.60. The van der Waals surface area contributed by atoms with Crippen LogP contribution >= 0.6 is 11.6 Å². The van der Waals surface area contributed by atoms with Crippen molar-refractivity contribution < 1.29 is 4.39 Å². The number of fused-ring (bicyclic) bond motifs is 1. The van der Waals surface area contributed by atoms with E-state index >= 15 is 0 Å². The van der Waals surface area contributed by atoms with Crippen molar-refractivity contribution in [2.45, 2.75) is 25.3 Å². The topological polar surface area (TPSA) is 89.6 Å². The molecular formula is C16H15ClFN5O. The molecule has 1 unspecified atom stereocenters. The smallest absolute Gasteiger partial charge is 0.267 e. The van der Waals surface area contributed by atoms with Crippen molar-refractivity contribution in [2.24, 2.45) is 11.7 Å². The predicted octanol–water partition coefficient (Wildman–Crippen LogP) is 2.70. The number of hydrogen-bond donors (Lipinski definition) is 2. The number of nitrogens with zero attached hydrogens (tertiary/aromatic N) is 3. The number of rotatable bonds is 3. The molecule has 0 aliphatic heterocycles. The lowest BCUT2D eigenvalue weighted by atomic mass is 9.79. The lowest BCUT2D eigenvalue weighted by Gasteiger charge is -2.31. The molecule has 3 N–H and O–H groups in total. The number of aromatic amines is 1. The second-order valence-corrected chi connectivity index (χ2v) is 6.46. The molecule has 8 heteroatoms. The molecular weight excluding hydrogens is 333 g/mol. The summed E-state index contributed by atoms with van der Waals surface area (Å²) < 4.78 is 15.1. The zero-order valence-corrected chi connectivity index (χ0v) is 13.4. The van der Waals surface area contributed by atoms with Crippen LogP contribution in [0.25, 0.3) is 16.7 Å². The van der Waals surface area contributed by atoms with Crippen LogP contribution in [0.1, 0.15) is 31.1 Å². The molecule has 4 rings (SSSR count). The summed E-state index contributed by atoms with van der Waals surface area (Å²) in [6.45, 7) is 0. The van der Waals surface area contributed by atoms with E-state index in [1.807, 2.05) is 0 Å². The first-order chi connectivity index (χ1) is 11.6. The highest BCUT2D eigenvalue weighted by molar-refractivity contribution is 6.35. The number of nitrogens with two attached hydrogens (primary N) is 1. The predicted molar refractivity (Wildman–Crippen MR) is 88.7 cm³/mol. The summed E-state index contributed by atoms with van der Waals surface area (Å²) in [7, 11) is 0. The zero-order valence-electron chi connectivity index (χ0n) is 12.7. The van der Waals surface area contributed by atoms with Gasteiger partial charge in [0.15, 0.2) is 0 Å². The number of hydrogen-bond acceptors (Lipinski definition) is 4. The van der Waals surface area contributed by atoms with Gasteiger partial charge in [0.2, 0.25) is 0 Å². The van der Waals surface area contributed by atoms with E-state index in [2.05, 4.69) is 15.2 Å². The molecule has 1 fully saturated rings. The van der Waals surface area contributed by atoms with Crippen LogP contribution in [0.4, 0.5) is 4.39 Å². The van der Waals surface area contributed by atoms with E-state index in [1.54, 1.807) is 6.07 Å². The third kappa shape index (κ3) is 2.32. The Bertz CT molecular complexity index is 965. The maximum Gasteiger partial charge on any atom is 0.267 e. The van der Waals surface area contributed by atoms with Crippen LogP contribution in [-0.2, 0) is 0 Å². The maximum absolute atomic E-state index is 13.7. The van der Waals surface area contributed by atoms with Gasteiger partial charge in [0, 0.05) is 6.07 Å². The van der Waals surface area contributed by atoms with Gasteiger partial charge in [-0.2, -0.15) is 5.10 Å². The molecule has 1 aromatic carbocycles. The molecule has 2 aromatic heterocycles. The highest BCUT2D eigenvalue weighted by atomic mass is 35.5. The molecule has 3 aromatic rings. The first-order valence-corrected chi connectivity index (χ1v) is 8.11. The molecule has 0 saturated heterocycles. The van der Waals surface area contributed by atoms with Gasteiger partial charge in [0.05, 0.1) is 28.2 Å². The summed E-state index contributed by atoms with van der Waals surface area (Å²) >= 11 is 6.10. The minimum absolute atomic E-state index is 0.0981. The quantitative estimate of drug-likeness (QED) is 0.762. The van der Waals surface area contributed by atoms with Crippen LogP contribution in [0.5, 0.6) is 0 Å². The lowest BCUT2D eigenvalue weighted by Crippen LogP contribution is -2.34. The Labute approximate surface area is 141 Å². The first-order valence-electron chi connectivity index (χ1n) is 7.73. The third-order valence-corrected chi connectivity index (χ3v) is 4.89. The van der Waals surface area contributed by atoms with Gasteiger partial charge in [-0.3, -0.25) is 9.89 Å². The first kappa shape index (κ1) is 15.3. The van der Waals surface area contributed by atoms with E-state index in [9.17, 15) is 9.18 Å². The number of nitrogens with one attached hydrogen (secondary N) is 1. The Balaban J connectivity index is 2.05. The summed E-state index contributed by atoms with van der Waals surface area (Å²) in [5.41, 5.74) is 6.22. The molecule has 24 heavy (non-hydrogen) atoms. The monoisotopic (exact) mass is 347 g/mol. The Morgan fingerprint density at radius 3 is 2.83 bits per heavy atom. The van der Waals surface area contributed by atoms with Crippen molar-refractivity contribution in [1.29, 1.82) is 0 Å². The van der Waals surface area contributed by atoms with E-state index < -0.39 is 17.4 Å². The van der Waals surface area contributed by atoms with E-state index in [4.69, 9.17) is 17.3 Å². The van der Waals surface area contributed by atoms with Gasteiger partial charge in [-0.05, 0) is 30.9 Å². The normalized spacial score (nSPS) is 16.3.